The maximum Gasteiger partial charge on any atom is 0.223 e. The smallest absolute Gasteiger partial charge is 0.223 e. The molecule has 0 aliphatic heterocycles. The standard InChI is InChI=1S/C20H24N4O/c1-3-16(4-2)20(25)22-13-18-23-17-11-8-12-21-19(17)24(18)14-15-9-6-5-7-10-15/h5-12,16H,3-4,13-14H2,1-2H3,(H,22,25). The predicted molar refractivity (Wildman–Crippen MR) is 99.0 cm³/mol. The van der Waals surface area contributed by atoms with Crippen LogP contribution in [0.25, 0.3) is 11.2 Å². The van der Waals surface area contributed by atoms with Crippen LogP contribution in [0.2, 0.25) is 0 Å². The molecule has 0 spiro atoms. The molecule has 3 aromatic rings. The molecule has 0 bridgehead atoms. The topological polar surface area (TPSA) is 59.8 Å². The number of hydrogen-bond acceptors (Lipinski definition) is 3. The van der Waals surface area contributed by atoms with Gasteiger partial charge in [0, 0.05) is 12.1 Å². The van der Waals surface area contributed by atoms with Gasteiger partial charge < -0.3 is 9.88 Å². The minimum absolute atomic E-state index is 0.0603. The molecule has 1 N–H and O–H groups in total. The first-order chi connectivity index (χ1) is 12.2. The maximum atomic E-state index is 12.3. The molecule has 0 saturated carbocycles. The Balaban J connectivity index is 1.86. The van der Waals surface area contributed by atoms with Gasteiger partial charge >= 0.3 is 0 Å². The predicted octanol–water partition coefficient (Wildman–Crippen LogP) is 3.53. The van der Waals surface area contributed by atoms with E-state index in [-0.39, 0.29) is 11.8 Å². The molecular formula is C20H24N4O. The summed E-state index contributed by atoms with van der Waals surface area (Å²) in [5.74, 6) is 0.984. The monoisotopic (exact) mass is 336 g/mol. The van der Waals surface area contributed by atoms with Crippen molar-refractivity contribution in [3.8, 4) is 0 Å². The number of pyridine rings is 1. The summed E-state index contributed by atoms with van der Waals surface area (Å²) >= 11 is 0. The first-order valence-electron chi connectivity index (χ1n) is 8.84. The first-order valence-corrected chi connectivity index (χ1v) is 8.84. The zero-order valence-electron chi connectivity index (χ0n) is 14.8. The lowest BCUT2D eigenvalue weighted by Crippen LogP contribution is -2.30. The van der Waals surface area contributed by atoms with Crippen LogP contribution in [-0.2, 0) is 17.9 Å². The van der Waals surface area contributed by atoms with Gasteiger partial charge in [0.05, 0.1) is 13.1 Å². The van der Waals surface area contributed by atoms with E-state index in [0.717, 1.165) is 29.8 Å². The molecule has 2 heterocycles. The number of carbonyl (C=O) groups excluding carboxylic acids is 1. The van der Waals surface area contributed by atoms with Crippen molar-refractivity contribution in [1.82, 2.24) is 19.9 Å². The summed E-state index contributed by atoms with van der Waals surface area (Å²) in [5.41, 5.74) is 2.88. The van der Waals surface area contributed by atoms with Crippen LogP contribution >= 0.6 is 0 Å². The molecule has 0 aliphatic carbocycles. The number of aromatic nitrogens is 3. The van der Waals surface area contributed by atoms with Crippen LogP contribution < -0.4 is 5.32 Å². The van der Waals surface area contributed by atoms with Gasteiger partial charge in [-0.3, -0.25) is 4.79 Å². The van der Waals surface area contributed by atoms with Gasteiger partial charge in [-0.25, -0.2) is 9.97 Å². The SMILES string of the molecule is CCC(CC)C(=O)NCc1nc2cccnc2n1Cc1ccccc1. The summed E-state index contributed by atoms with van der Waals surface area (Å²) in [6, 6.07) is 14.1. The molecule has 0 atom stereocenters. The van der Waals surface area contributed by atoms with E-state index >= 15 is 0 Å². The van der Waals surface area contributed by atoms with Crippen molar-refractivity contribution in [3.63, 3.8) is 0 Å². The van der Waals surface area contributed by atoms with Crippen molar-refractivity contribution in [2.24, 2.45) is 5.92 Å². The van der Waals surface area contributed by atoms with Gasteiger partial charge in [0.15, 0.2) is 5.65 Å². The minimum atomic E-state index is 0.0603. The molecule has 0 fully saturated rings. The molecule has 3 rings (SSSR count). The highest BCUT2D eigenvalue weighted by atomic mass is 16.1. The Morgan fingerprint density at radius 2 is 1.88 bits per heavy atom. The number of nitrogens with one attached hydrogen (secondary N) is 1. The van der Waals surface area contributed by atoms with Crippen LogP contribution in [0.1, 0.15) is 38.1 Å². The van der Waals surface area contributed by atoms with Crippen LogP contribution in [0.3, 0.4) is 0 Å². The number of benzene rings is 1. The van der Waals surface area contributed by atoms with Crippen LogP contribution in [0.15, 0.2) is 48.7 Å². The lowest BCUT2D eigenvalue weighted by molar-refractivity contribution is -0.125. The Kier molecular flexibility index (Phi) is 5.43. The third-order valence-electron chi connectivity index (χ3n) is 4.54. The summed E-state index contributed by atoms with van der Waals surface area (Å²) in [6.07, 6.45) is 3.48. The van der Waals surface area contributed by atoms with Crippen molar-refractivity contribution in [3.05, 3.63) is 60.0 Å². The molecule has 1 aromatic carbocycles. The second-order valence-corrected chi connectivity index (χ2v) is 6.18. The van der Waals surface area contributed by atoms with Crippen LogP contribution in [0, 0.1) is 5.92 Å². The molecule has 2 aromatic heterocycles. The number of fused-ring (bicyclic) bond motifs is 1. The van der Waals surface area contributed by atoms with Crippen molar-refractivity contribution >= 4 is 17.1 Å². The van der Waals surface area contributed by atoms with E-state index in [1.165, 1.54) is 5.56 Å². The van der Waals surface area contributed by atoms with Gasteiger partial charge in [-0.1, -0.05) is 44.2 Å². The van der Waals surface area contributed by atoms with E-state index in [2.05, 4.69) is 32.0 Å². The number of nitrogens with zero attached hydrogens (tertiary/aromatic N) is 3. The van der Waals surface area contributed by atoms with Crippen LogP contribution in [0.5, 0.6) is 0 Å². The number of carbonyl (C=O) groups is 1. The van der Waals surface area contributed by atoms with Crippen molar-refractivity contribution in [2.75, 3.05) is 0 Å². The van der Waals surface area contributed by atoms with Gasteiger partial charge in [0.25, 0.3) is 0 Å². The largest absolute Gasteiger partial charge is 0.349 e. The highest BCUT2D eigenvalue weighted by molar-refractivity contribution is 5.78. The number of amides is 1. The van der Waals surface area contributed by atoms with E-state index in [1.807, 2.05) is 44.2 Å². The molecule has 1 amide bonds. The average molecular weight is 336 g/mol. The normalized spacial score (nSPS) is 11.2. The van der Waals surface area contributed by atoms with Crippen LogP contribution in [-0.4, -0.2) is 20.4 Å². The fourth-order valence-corrected chi connectivity index (χ4v) is 3.04. The first kappa shape index (κ1) is 17.1. The fourth-order valence-electron chi connectivity index (χ4n) is 3.04. The second kappa shape index (κ2) is 7.92. The Hall–Kier alpha value is -2.69. The Morgan fingerprint density at radius 3 is 2.60 bits per heavy atom. The van der Waals surface area contributed by atoms with Gasteiger partial charge in [-0.05, 0) is 30.5 Å². The minimum Gasteiger partial charge on any atom is -0.349 e. The summed E-state index contributed by atoms with van der Waals surface area (Å²) < 4.78 is 2.08. The Labute approximate surface area is 148 Å². The van der Waals surface area contributed by atoms with Gasteiger partial charge in [-0.15, -0.1) is 0 Å². The van der Waals surface area contributed by atoms with E-state index < -0.39 is 0 Å². The molecule has 0 aliphatic rings. The summed E-state index contributed by atoms with van der Waals surface area (Å²) in [4.78, 5) is 21.5. The van der Waals surface area contributed by atoms with E-state index in [0.29, 0.717) is 13.1 Å². The highest BCUT2D eigenvalue weighted by Crippen LogP contribution is 2.16. The van der Waals surface area contributed by atoms with Gasteiger partial charge in [-0.2, -0.15) is 0 Å². The number of imidazole rings is 1. The molecular weight excluding hydrogens is 312 g/mol. The lowest BCUT2D eigenvalue weighted by atomic mass is 10.0. The van der Waals surface area contributed by atoms with Crippen LogP contribution in [0.4, 0.5) is 0 Å². The zero-order chi connectivity index (χ0) is 17.6. The molecule has 0 radical (unpaired) electrons. The second-order valence-electron chi connectivity index (χ2n) is 6.18. The third kappa shape index (κ3) is 3.87. The lowest BCUT2D eigenvalue weighted by Gasteiger charge is -2.13. The highest BCUT2D eigenvalue weighted by Gasteiger charge is 2.16. The summed E-state index contributed by atoms with van der Waals surface area (Å²) in [7, 11) is 0. The van der Waals surface area contributed by atoms with E-state index in [1.54, 1.807) is 6.20 Å². The Bertz CT molecular complexity index is 837. The zero-order valence-corrected chi connectivity index (χ0v) is 14.8. The van der Waals surface area contributed by atoms with Gasteiger partial charge in [0.2, 0.25) is 5.91 Å². The summed E-state index contributed by atoms with van der Waals surface area (Å²) in [6.45, 7) is 5.19. The number of rotatable bonds is 7. The fraction of sp³-hybridized carbons (Fsp3) is 0.350. The van der Waals surface area contributed by atoms with E-state index in [4.69, 9.17) is 0 Å². The van der Waals surface area contributed by atoms with E-state index in [9.17, 15) is 4.79 Å². The molecule has 130 valence electrons. The molecule has 5 nitrogen and oxygen atoms in total. The average Bonchev–Trinajstić information content (AvgIpc) is 2.99. The van der Waals surface area contributed by atoms with Gasteiger partial charge in [0.1, 0.15) is 11.3 Å². The molecule has 0 saturated heterocycles. The maximum absolute atomic E-state index is 12.3. The Morgan fingerprint density at radius 1 is 1.12 bits per heavy atom. The summed E-state index contributed by atoms with van der Waals surface area (Å²) in [5, 5.41) is 3.04. The molecule has 0 unspecified atom stereocenters. The number of hydrogen-bond donors (Lipinski definition) is 1. The van der Waals surface area contributed by atoms with Crippen molar-refractivity contribution < 1.29 is 4.79 Å². The third-order valence-corrected chi connectivity index (χ3v) is 4.54. The van der Waals surface area contributed by atoms with Crippen molar-refractivity contribution in [1.29, 1.82) is 0 Å². The quantitative estimate of drug-likeness (QED) is 0.718. The van der Waals surface area contributed by atoms with Crippen molar-refractivity contribution in [2.45, 2.75) is 39.8 Å². The molecule has 5 heteroatoms. The molecule has 25 heavy (non-hydrogen) atoms.